The lowest BCUT2D eigenvalue weighted by atomic mass is 10.1. The normalized spacial score (nSPS) is 15.9. The minimum Gasteiger partial charge on any atom is -0.493 e. The molecule has 0 spiro atoms. The van der Waals surface area contributed by atoms with Crippen LogP contribution in [0, 0.1) is 0 Å². The lowest BCUT2D eigenvalue weighted by Gasteiger charge is -2.11. The van der Waals surface area contributed by atoms with Crippen molar-refractivity contribution in [1.29, 1.82) is 0 Å². The number of benzene rings is 2. The SMILES string of the molecule is CCOC(=O)c1ccc(NC(=O)C[C@H]2S/C(=N/N=C\c3ccc(OC)c(OC)c3C(=O)O)NC2=O)cc1. The number of rotatable bonds is 10. The zero-order valence-corrected chi connectivity index (χ0v) is 21.0. The number of methoxy groups -OCH3 is 2. The highest BCUT2D eigenvalue weighted by atomic mass is 32.2. The van der Waals surface area contributed by atoms with Gasteiger partial charge in [0.05, 0.1) is 32.6 Å². The molecule has 13 heteroatoms. The van der Waals surface area contributed by atoms with Crippen LogP contribution in [0.3, 0.4) is 0 Å². The van der Waals surface area contributed by atoms with E-state index in [-0.39, 0.29) is 40.8 Å². The number of thioether (sulfide) groups is 1. The Hall–Kier alpha value is -4.39. The van der Waals surface area contributed by atoms with Crippen molar-refractivity contribution in [2.24, 2.45) is 10.2 Å². The fourth-order valence-corrected chi connectivity index (χ4v) is 4.21. The van der Waals surface area contributed by atoms with E-state index >= 15 is 0 Å². The molecular weight excluding hydrogens is 504 g/mol. The summed E-state index contributed by atoms with van der Waals surface area (Å²) in [5, 5.41) is 22.0. The Balaban J connectivity index is 1.62. The van der Waals surface area contributed by atoms with Crippen LogP contribution in [0.15, 0.2) is 46.6 Å². The molecule has 0 aliphatic carbocycles. The molecule has 12 nitrogen and oxygen atoms in total. The molecular formula is C24H24N4O8S. The van der Waals surface area contributed by atoms with Crippen LogP contribution in [0.25, 0.3) is 0 Å². The minimum absolute atomic E-state index is 0.0387. The summed E-state index contributed by atoms with van der Waals surface area (Å²) in [6.45, 7) is 1.97. The van der Waals surface area contributed by atoms with E-state index in [9.17, 15) is 24.3 Å². The molecule has 0 aromatic heterocycles. The Labute approximate surface area is 216 Å². The summed E-state index contributed by atoms with van der Waals surface area (Å²) >= 11 is 1.02. The van der Waals surface area contributed by atoms with E-state index < -0.39 is 29.0 Å². The van der Waals surface area contributed by atoms with E-state index in [2.05, 4.69) is 20.8 Å². The highest BCUT2D eigenvalue weighted by molar-refractivity contribution is 8.15. The minimum atomic E-state index is -1.24. The Morgan fingerprint density at radius 1 is 1.14 bits per heavy atom. The van der Waals surface area contributed by atoms with Gasteiger partial charge < -0.3 is 30.0 Å². The van der Waals surface area contributed by atoms with Crippen LogP contribution in [0.2, 0.25) is 0 Å². The summed E-state index contributed by atoms with van der Waals surface area (Å²) < 4.78 is 15.2. The molecule has 2 aromatic carbocycles. The fourth-order valence-electron chi connectivity index (χ4n) is 3.28. The van der Waals surface area contributed by atoms with Crippen LogP contribution in [0.4, 0.5) is 5.69 Å². The number of nitrogens with one attached hydrogen (secondary N) is 2. The lowest BCUT2D eigenvalue weighted by molar-refractivity contribution is -0.122. The summed E-state index contributed by atoms with van der Waals surface area (Å²) in [6.07, 6.45) is 1.09. The average molecular weight is 529 g/mol. The first kappa shape index (κ1) is 27.2. The van der Waals surface area contributed by atoms with E-state index in [1.165, 1.54) is 44.7 Å². The zero-order chi connectivity index (χ0) is 26.9. The summed E-state index contributed by atoms with van der Waals surface area (Å²) in [4.78, 5) is 48.1. The predicted molar refractivity (Wildman–Crippen MR) is 137 cm³/mol. The van der Waals surface area contributed by atoms with Gasteiger partial charge in [-0.2, -0.15) is 5.10 Å². The van der Waals surface area contributed by atoms with Gasteiger partial charge in [0.1, 0.15) is 10.8 Å². The molecule has 2 amide bonds. The van der Waals surface area contributed by atoms with Gasteiger partial charge >= 0.3 is 11.9 Å². The summed E-state index contributed by atoms with van der Waals surface area (Å²) in [6, 6.07) is 9.20. The van der Waals surface area contributed by atoms with Crippen molar-refractivity contribution in [3.63, 3.8) is 0 Å². The molecule has 0 saturated carbocycles. The third-order valence-electron chi connectivity index (χ3n) is 4.96. The van der Waals surface area contributed by atoms with E-state index in [1.54, 1.807) is 19.1 Å². The topological polar surface area (TPSA) is 165 Å². The van der Waals surface area contributed by atoms with Crippen molar-refractivity contribution in [3.05, 3.63) is 53.1 Å². The number of carbonyl (C=O) groups excluding carboxylic acids is 3. The van der Waals surface area contributed by atoms with Gasteiger partial charge in [0.25, 0.3) is 0 Å². The summed E-state index contributed by atoms with van der Waals surface area (Å²) in [5.41, 5.74) is 0.882. The molecule has 2 aromatic rings. The summed E-state index contributed by atoms with van der Waals surface area (Å²) in [7, 11) is 2.71. The molecule has 1 atom stereocenters. The van der Waals surface area contributed by atoms with Crippen LogP contribution < -0.4 is 20.1 Å². The van der Waals surface area contributed by atoms with Gasteiger partial charge in [0, 0.05) is 17.7 Å². The molecule has 0 radical (unpaired) electrons. The third kappa shape index (κ3) is 6.85. The Bertz CT molecular complexity index is 1260. The van der Waals surface area contributed by atoms with Crippen LogP contribution in [-0.4, -0.2) is 66.3 Å². The second-order valence-corrected chi connectivity index (χ2v) is 8.56. The Morgan fingerprint density at radius 2 is 1.86 bits per heavy atom. The lowest BCUT2D eigenvalue weighted by Crippen LogP contribution is -2.28. The van der Waals surface area contributed by atoms with Crippen LogP contribution in [0.1, 0.15) is 39.6 Å². The highest BCUT2D eigenvalue weighted by Gasteiger charge is 2.32. The molecule has 194 valence electrons. The number of carboxylic acid groups (broad SMARTS) is 1. The third-order valence-corrected chi connectivity index (χ3v) is 6.04. The molecule has 1 saturated heterocycles. The highest BCUT2D eigenvalue weighted by Crippen LogP contribution is 2.33. The Kier molecular flexibility index (Phi) is 9.21. The van der Waals surface area contributed by atoms with Crippen molar-refractivity contribution in [2.75, 3.05) is 26.1 Å². The smallest absolute Gasteiger partial charge is 0.340 e. The van der Waals surface area contributed by atoms with Crippen molar-refractivity contribution in [3.8, 4) is 11.5 Å². The maximum atomic E-state index is 12.4. The first-order valence-corrected chi connectivity index (χ1v) is 11.8. The molecule has 3 rings (SSSR count). The van der Waals surface area contributed by atoms with Crippen molar-refractivity contribution in [1.82, 2.24) is 5.32 Å². The van der Waals surface area contributed by atoms with Crippen LogP contribution in [0.5, 0.6) is 11.5 Å². The van der Waals surface area contributed by atoms with Gasteiger partial charge in [-0.25, -0.2) is 9.59 Å². The van der Waals surface area contributed by atoms with E-state index in [1.807, 2.05) is 0 Å². The largest absolute Gasteiger partial charge is 0.493 e. The van der Waals surface area contributed by atoms with E-state index in [0.717, 1.165) is 11.8 Å². The molecule has 1 aliphatic rings. The number of nitrogens with zero attached hydrogens (tertiary/aromatic N) is 2. The number of anilines is 1. The standard InChI is InChI=1S/C24H24N4O8S/c1-4-36-23(33)13-5-8-15(9-6-13)26-18(29)11-17-21(30)27-24(37-17)28-25-12-14-7-10-16(34-2)20(35-3)19(14)22(31)32/h5-10,12,17H,4,11H2,1-3H3,(H,26,29)(H,31,32)(H,27,28,30)/b25-12-/t17-/m1/s1. The van der Waals surface area contributed by atoms with Crippen molar-refractivity contribution in [2.45, 2.75) is 18.6 Å². The quantitative estimate of drug-likeness (QED) is 0.239. The molecule has 37 heavy (non-hydrogen) atoms. The van der Waals surface area contributed by atoms with Gasteiger partial charge in [-0.1, -0.05) is 11.8 Å². The number of amidine groups is 1. The number of carboxylic acids is 1. The zero-order valence-electron chi connectivity index (χ0n) is 20.1. The first-order chi connectivity index (χ1) is 17.8. The van der Waals surface area contributed by atoms with E-state index in [4.69, 9.17) is 14.2 Å². The monoisotopic (exact) mass is 528 g/mol. The molecule has 1 heterocycles. The second kappa shape index (κ2) is 12.5. The van der Waals surface area contributed by atoms with Crippen molar-refractivity contribution < 1.29 is 38.5 Å². The number of ether oxygens (including phenoxy) is 3. The molecule has 0 unspecified atom stereocenters. The Morgan fingerprint density at radius 3 is 2.49 bits per heavy atom. The van der Waals surface area contributed by atoms with Crippen LogP contribution in [-0.2, 0) is 14.3 Å². The number of aromatic carboxylic acids is 1. The fraction of sp³-hybridized carbons (Fsp3) is 0.250. The number of hydrogen-bond donors (Lipinski definition) is 3. The number of carbonyl (C=O) groups is 4. The first-order valence-electron chi connectivity index (χ1n) is 10.9. The van der Waals surface area contributed by atoms with Gasteiger partial charge in [0.15, 0.2) is 16.7 Å². The molecule has 0 bridgehead atoms. The second-order valence-electron chi connectivity index (χ2n) is 7.37. The average Bonchev–Trinajstić information content (AvgIpc) is 3.22. The van der Waals surface area contributed by atoms with Gasteiger partial charge in [-0.3, -0.25) is 9.59 Å². The van der Waals surface area contributed by atoms with Crippen LogP contribution >= 0.6 is 11.8 Å². The van der Waals surface area contributed by atoms with Gasteiger partial charge in [-0.15, -0.1) is 5.10 Å². The number of amides is 2. The predicted octanol–water partition coefficient (Wildman–Crippen LogP) is 2.53. The maximum Gasteiger partial charge on any atom is 0.340 e. The number of hydrogen-bond acceptors (Lipinski definition) is 10. The van der Waals surface area contributed by atoms with Gasteiger partial charge in [-0.05, 0) is 43.3 Å². The van der Waals surface area contributed by atoms with E-state index in [0.29, 0.717) is 11.3 Å². The van der Waals surface area contributed by atoms with Gasteiger partial charge in [0.2, 0.25) is 11.8 Å². The molecule has 3 N–H and O–H groups in total. The summed E-state index contributed by atoms with van der Waals surface area (Å²) in [5.74, 6) is -2.23. The molecule has 1 aliphatic heterocycles. The maximum absolute atomic E-state index is 12.4. The van der Waals surface area contributed by atoms with Crippen molar-refractivity contribution >= 4 is 52.6 Å². The number of esters is 1. The molecule has 1 fully saturated rings.